The molecule has 0 amide bonds. The van der Waals surface area contributed by atoms with Gasteiger partial charge in [-0.1, -0.05) is 151 Å². The second kappa shape index (κ2) is 23.7. The highest BCUT2D eigenvalue weighted by Gasteiger charge is 2.72. The fourth-order valence-corrected chi connectivity index (χ4v) is 19.1. The SMILES string of the molecule is CCCCC[C@@H]1CCCCC[C@@H](O[Si](C(C)C)(C(C)C)C(C)C)O[C@H](OCc2ccccc2)[C@H](O[Si](CCC(F)(F)C(F)(F)C(F)(F)F)(C(C)C)C(C)C)C=CC(=O)C1. The molecule has 1 aliphatic heterocycles. The molecule has 0 N–H and O–H groups in total. The van der Waals surface area contributed by atoms with Crippen LogP contribution in [0.4, 0.5) is 30.7 Å². The van der Waals surface area contributed by atoms with Crippen LogP contribution in [0, 0.1) is 5.92 Å². The quantitative estimate of drug-likeness (QED) is 0.0742. The largest absolute Gasteiger partial charge is 0.459 e. The van der Waals surface area contributed by atoms with Crippen molar-refractivity contribution in [1.82, 2.24) is 0 Å². The summed E-state index contributed by atoms with van der Waals surface area (Å²) in [4.78, 5) is 13.8. The van der Waals surface area contributed by atoms with E-state index in [1.807, 2.05) is 30.3 Å². The standard InChI is InChI=1S/C45H75F7O5Si2/c1-12-13-16-21-37-22-17-15-20-25-41(57-59(34(6)7,35(8)9)36(10)11)55-42(54-31-38-23-18-14-19-24-38)40(27-26-39(53)30-37)56-58(32(2)3,33(4)5)29-28-43(46,47)44(48,49)45(50,51)52/h14,18-19,23-24,26-27,32-37,40-42H,12-13,15-17,20-22,25,28-31H2,1-11H3/t37-,40-,41-,42+/m1/s1. The summed E-state index contributed by atoms with van der Waals surface area (Å²) in [6, 6.07) is 8.57. The van der Waals surface area contributed by atoms with Crippen molar-refractivity contribution < 1.29 is 53.9 Å². The van der Waals surface area contributed by atoms with Crippen LogP contribution in [0.25, 0.3) is 0 Å². The molecule has 0 radical (unpaired) electrons. The van der Waals surface area contributed by atoms with Crippen molar-refractivity contribution >= 4 is 22.4 Å². The van der Waals surface area contributed by atoms with Gasteiger partial charge in [0.25, 0.3) is 0 Å². The molecule has 1 heterocycles. The molecule has 0 unspecified atom stereocenters. The Hall–Kier alpha value is -1.59. The normalized spacial score (nSPS) is 21.6. The number of alkyl halides is 7. The van der Waals surface area contributed by atoms with Crippen LogP contribution < -0.4 is 0 Å². The summed E-state index contributed by atoms with van der Waals surface area (Å²) >= 11 is 0. The van der Waals surface area contributed by atoms with E-state index >= 15 is 8.78 Å². The van der Waals surface area contributed by atoms with Crippen LogP contribution in [0.5, 0.6) is 0 Å². The molecular formula is C45H75F7O5Si2. The third-order valence-electron chi connectivity index (χ3n) is 12.5. The van der Waals surface area contributed by atoms with Gasteiger partial charge in [-0.15, -0.1) is 0 Å². The fraction of sp³-hybridized carbons (Fsp3) is 0.800. The van der Waals surface area contributed by atoms with Crippen molar-refractivity contribution in [3.8, 4) is 0 Å². The second-order valence-electron chi connectivity index (χ2n) is 18.3. The Labute approximate surface area is 353 Å². The first-order chi connectivity index (χ1) is 27.4. The van der Waals surface area contributed by atoms with E-state index in [-0.39, 0.29) is 34.9 Å². The first-order valence-electron chi connectivity index (χ1n) is 22.1. The molecule has 1 aromatic carbocycles. The maximum Gasteiger partial charge on any atom is 0.459 e. The number of allylic oxidation sites excluding steroid dienone is 1. The Morgan fingerprint density at radius 2 is 1.34 bits per heavy atom. The maximum absolute atomic E-state index is 15.1. The van der Waals surface area contributed by atoms with Gasteiger partial charge in [0.1, 0.15) is 6.10 Å². The lowest BCUT2D eigenvalue weighted by Crippen LogP contribution is -2.55. The Morgan fingerprint density at radius 3 is 1.86 bits per heavy atom. The van der Waals surface area contributed by atoms with Gasteiger partial charge in [0.15, 0.2) is 26.7 Å². The van der Waals surface area contributed by atoms with Gasteiger partial charge in [-0.25, -0.2) is 0 Å². The summed E-state index contributed by atoms with van der Waals surface area (Å²) < 4.78 is 126. The van der Waals surface area contributed by atoms with E-state index in [1.165, 1.54) is 12.2 Å². The van der Waals surface area contributed by atoms with Crippen LogP contribution in [-0.4, -0.2) is 59.1 Å². The number of ketones is 1. The van der Waals surface area contributed by atoms with E-state index in [0.717, 1.165) is 56.9 Å². The zero-order chi connectivity index (χ0) is 44.8. The van der Waals surface area contributed by atoms with Crippen LogP contribution in [0.1, 0.15) is 152 Å². The zero-order valence-electron chi connectivity index (χ0n) is 37.6. The molecule has 342 valence electrons. The summed E-state index contributed by atoms with van der Waals surface area (Å²) in [6.45, 7) is 22.0. The summed E-state index contributed by atoms with van der Waals surface area (Å²) in [7, 11) is -6.34. The lowest BCUT2D eigenvalue weighted by molar-refractivity contribution is -0.354. The molecule has 0 aliphatic carbocycles. The number of carbonyl (C=O) groups is 1. The Bertz CT molecular complexity index is 1360. The van der Waals surface area contributed by atoms with Crippen molar-refractivity contribution in [2.24, 2.45) is 5.92 Å². The van der Waals surface area contributed by atoms with Crippen molar-refractivity contribution in [2.45, 2.75) is 224 Å². The van der Waals surface area contributed by atoms with Crippen molar-refractivity contribution in [1.29, 1.82) is 0 Å². The molecule has 1 aromatic rings. The lowest BCUT2D eigenvalue weighted by atomic mass is 9.90. The number of unbranched alkanes of at least 4 members (excludes halogenated alkanes) is 2. The van der Waals surface area contributed by atoms with E-state index in [1.54, 1.807) is 27.7 Å². The summed E-state index contributed by atoms with van der Waals surface area (Å²) in [6.07, 6.45) is -0.190. The predicted molar refractivity (Wildman–Crippen MR) is 228 cm³/mol. The Kier molecular flexibility index (Phi) is 21.6. The van der Waals surface area contributed by atoms with E-state index < -0.39 is 76.9 Å². The number of ether oxygens (including phenoxy) is 2. The highest BCUT2D eigenvalue weighted by molar-refractivity contribution is 6.77. The van der Waals surface area contributed by atoms with Gasteiger partial charge in [0.05, 0.1) is 6.61 Å². The van der Waals surface area contributed by atoms with Crippen LogP contribution in [0.2, 0.25) is 33.7 Å². The molecule has 0 aromatic heterocycles. The summed E-state index contributed by atoms with van der Waals surface area (Å²) in [5, 5.41) is 0. The van der Waals surface area contributed by atoms with Crippen molar-refractivity contribution in [3.05, 3.63) is 48.0 Å². The predicted octanol–water partition coefficient (Wildman–Crippen LogP) is 15.1. The molecule has 5 nitrogen and oxygen atoms in total. The van der Waals surface area contributed by atoms with Crippen LogP contribution in [0.3, 0.4) is 0 Å². The molecule has 0 spiro atoms. The minimum atomic E-state index is -6.44. The third kappa shape index (κ3) is 14.8. The highest BCUT2D eigenvalue weighted by Crippen LogP contribution is 2.51. The minimum Gasteiger partial charge on any atom is -0.405 e. The van der Waals surface area contributed by atoms with Gasteiger partial charge >= 0.3 is 18.0 Å². The third-order valence-corrected chi connectivity index (χ3v) is 24.3. The molecule has 0 saturated heterocycles. The minimum absolute atomic E-state index is 0.0360. The molecule has 0 bridgehead atoms. The van der Waals surface area contributed by atoms with E-state index in [4.69, 9.17) is 18.3 Å². The van der Waals surface area contributed by atoms with Crippen LogP contribution in [-0.2, 0) is 29.7 Å². The lowest BCUT2D eigenvalue weighted by Gasteiger charge is -2.46. The Balaban J connectivity index is 2.84. The van der Waals surface area contributed by atoms with Gasteiger partial charge in [-0.05, 0) is 70.2 Å². The fourth-order valence-electron chi connectivity index (χ4n) is 9.14. The summed E-state index contributed by atoms with van der Waals surface area (Å²) in [5.74, 6) is -11.6. The number of carbonyl (C=O) groups excluding carboxylic acids is 1. The second-order valence-corrected chi connectivity index (χ2v) is 28.7. The number of rotatable bonds is 20. The van der Waals surface area contributed by atoms with Gasteiger partial charge in [0, 0.05) is 12.8 Å². The highest BCUT2D eigenvalue weighted by atomic mass is 28.4. The van der Waals surface area contributed by atoms with E-state index in [0.29, 0.717) is 12.8 Å². The van der Waals surface area contributed by atoms with Gasteiger partial charge < -0.3 is 18.3 Å². The van der Waals surface area contributed by atoms with Crippen LogP contribution >= 0.6 is 0 Å². The van der Waals surface area contributed by atoms with Crippen LogP contribution in [0.15, 0.2) is 42.5 Å². The molecule has 14 heteroatoms. The molecule has 1 aliphatic rings. The van der Waals surface area contributed by atoms with E-state index in [2.05, 4.69) is 48.5 Å². The number of halogens is 7. The smallest absolute Gasteiger partial charge is 0.405 e. The average molecular weight is 885 g/mol. The monoisotopic (exact) mass is 885 g/mol. The molecular weight excluding hydrogens is 810 g/mol. The molecule has 0 fully saturated rings. The average Bonchev–Trinajstić information content (AvgIpc) is 3.13. The molecule has 2 rings (SSSR count). The first kappa shape index (κ1) is 53.5. The molecule has 0 saturated carbocycles. The van der Waals surface area contributed by atoms with E-state index in [9.17, 15) is 26.7 Å². The Morgan fingerprint density at radius 1 is 0.763 bits per heavy atom. The van der Waals surface area contributed by atoms with Gasteiger partial charge in [-0.2, -0.15) is 30.7 Å². The maximum atomic E-state index is 15.1. The summed E-state index contributed by atoms with van der Waals surface area (Å²) in [5.41, 5.74) is 0.354. The topological polar surface area (TPSA) is 54.0 Å². The molecule has 4 atom stereocenters. The number of benzene rings is 1. The number of hydrogen-bond acceptors (Lipinski definition) is 5. The van der Waals surface area contributed by atoms with Crippen molar-refractivity contribution in [2.75, 3.05) is 0 Å². The first-order valence-corrected chi connectivity index (χ1v) is 26.5. The van der Waals surface area contributed by atoms with Gasteiger partial charge in [0.2, 0.25) is 8.32 Å². The molecule has 59 heavy (non-hydrogen) atoms. The van der Waals surface area contributed by atoms with Gasteiger partial charge in [-0.3, -0.25) is 4.79 Å². The number of hydrogen-bond donors (Lipinski definition) is 0. The van der Waals surface area contributed by atoms with Crippen molar-refractivity contribution in [3.63, 3.8) is 0 Å². The zero-order valence-corrected chi connectivity index (χ0v) is 39.6.